The number of carbonyl (C=O) groups is 4. The minimum Gasteiger partial charge on any atom is -0.467 e. The molecule has 1 heterocycles. The van der Waals surface area contributed by atoms with Crippen molar-refractivity contribution in [3.8, 4) is 0 Å². The van der Waals surface area contributed by atoms with Gasteiger partial charge < -0.3 is 19.5 Å². The van der Waals surface area contributed by atoms with Gasteiger partial charge in [0.05, 0.1) is 7.11 Å². The molecule has 0 radical (unpaired) electrons. The number of methoxy groups -OCH3 is 1. The quantitative estimate of drug-likeness (QED) is 0.518. The summed E-state index contributed by atoms with van der Waals surface area (Å²) < 4.78 is 14.1. The topological polar surface area (TPSA) is 108 Å². The summed E-state index contributed by atoms with van der Waals surface area (Å²) in [5.41, 5.74) is 0. The molecule has 2 atom stereocenters. The van der Waals surface area contributed by atoms with Crippen molar-refractivity contribution in [3.63, 3.8) is 0 Å². The number of hydrogen-bond donors (Lipinski definition) is 1. The van der Waals surface area contributed by atoms with Crippen LogP contribution in [-0.2, 0) is 33.4 Å². The molecule has 0 aromatic heterocycles. The third kappa shape index (κ3) is 5.71. The highest BCUT2D eigenvalue weighted by Crippen LogP contribution is 2.14. The summed E-state index contributed by atoms with van der Waals surface area (Å²) in [6.07, 6.45) is -0.137. The fourth-order valence-electron chi connectivity index (χ4n) is 1.98. The highest BCUT2D eigenvalue weighted by Gasteiger charge is 2.31. The Hall–Kier alpha value is -2.12. The minimum absolute atomic E-state index is 0.158. The lowest BCUT2D eigenvalue weighted by Gasteiger charge is -2.18. The molecular formula is C14H21NO7. The summed E-state index contributed by atoms with van der Waals surface area (Å²) in [6.45, 7) is 3.26. The molecule has 0 unspecified atom stereocenters. The Balaban J connectivity index is 2.41. The van der Waals surface area contributed by atoms with E-state index in [2.05, 4.69) is 10.1 Å². The monoisotopic (exact) mass is 315 g/mol. The summed E-state index contributed by atoms with van der Waals surface area (Å²) in [5, 5.41) is 2.46. The highest BCUT2D eigenvalue weighted by atomic mass is 16.6. The van der Waals surface area contributed by atoms with Crippen LogP contribution in [0, 0.1) is 5.92 Å². The van der Waals surface area contributed by atoms with E-state index in [1.807, 2.05) is 13.8 Å². The first-order valence-electron chi connectivity index (χ1n) is 7.06. The van der Waals surface area contributed by atoms with Gasteiger partial charge in [0.25, 0.3) is 5.91 Å². The Morgan fingerprint density at radius 2 is 2.05 bits per heavy atom. The molecule has 1 N–H and O–H groups in total. The van der Waals surface area contributed by atoms with Gasteiger partial charge in [-0.2, -0.15) is 0 Å². The van der Waals surface area contributed by atoms with E-state index in [9.17, 15) is 19.2 Å². The lowest BCUT2D eigenvalue weighted by Crippen LogP contribution is -2.44. The summed E-state index contributed by atoms with van der Waals surface area (Å²) >= 11 is 0. The average Bonchev–Trinajstić information content (AvgIpc) is 2.89. The van der Waals surface area contributed by atoms with E-state index >= 15 is 0 Å². The Kier molecular flexibility index (Phi) is 6.81. The van der Waals surface area contributed by atoms with Crippen LogP contribution in [-0.4, -0.2) is 49.7 Å². The second-order valence-electron chi connectivity index (χ2n) is 5.40. The molecule has 1 aliphatic heterocycles. The zero-order valence-corrected chi connectivity index (χ0v) is 12.9. The van der Waals surface area contributed by atoms with Crippen LogP contribution in [0.5, 0.6) is 0 Å². The number of cyclic esters (lactones) is 1. The van der Waals surface area contributed by atoms with E-state index in [4.69, 9.17) is 9.47 Å². The molecule has 0 aromatic rings. The van der Waals surface area contributed by atoms with Crippen LogP contribution in [0.4, 0.5) is 0 Å². The molecule has 8 nitrogen and oxygen atoms in total. The summed E-state index contributed by atoms with van der Waals surface area (Å²) in [5.74, 6) is -2.23. The van der Waals surface area contributed by atoms with E-state index in [0.29, 0.717) is 6.42 Å². The van der Waals surface area contributed by atoms with Gasteiger partial charge in [-0.05, 0) is 12.3 Å². The average molecular weight is 315 g/mol. The lowest BCUT2D eigenvalue weighted by atomic mass is 10.0. The molecule has 1 fully saturated rings. The predicted molar refractivity (Wildman–Crippen MR) is 73.5 cm³/mol. The first-order chi connectivity index (χ1) is 10.3. The molecule has 8 heteroatoms. The second kappa shape index (κ2) is 8.35. The zero-order chi connectivity index (χ0) is 16.7. The largest absolute Gasteiger partial charge is 0.467 e. The van der Waals surface area contributed by atoms with Gasteiger partial charge in [-0.1, -0.05) is 13.8 Å². The standard InChI is InChI=1S/C14H21NO7/c1-8(2)6-9(13(18)20-3)15-11(16)7-21-14(19)10-4-5-12(17)22-10/h8-10H,4-7H2,1-3H3,(H,15,16)/t9-,10+/m1/s1. The fourth-order valence-corrected chi connectivity index (χ4v) is 1.98. The van der Waals surface area contributed by atoms with Crippen LogP contribution in [0.25, 0.3) is 0 Å². The molecule has 1 aliphatic rings. The van der Waals surface area contributed by atoms with Gasteiger partial charge in [0, 0.05) is 12.8 Å². The number of ether oxygens (including phenoxy) is 3. The number of carbonyl (C=O) groups excluding carboxylic acids is 4. The zero-order valence-electron chi connectivity index (χ0n) is 12.9. The highest BCUT2D eigenvalue weighted by molar-refractivity contribution is 5.87. The van der Waals surface area contributed by atoms with Crippen LogP contribution in [0.2, 0.25) is 0 Å². The summed E-state index contributed by atoms with van der Waals surface area (Å²) in [7, 11) is 1.23. The first kappa shape index (κ1) is 17.9. The van der Waals surface area contributed by atoms with Crippen molar-refractivity contribution in [1.82, 2.24) is 5.32 Å². The Labute approximate surface area is 128 Å². The van der Waals surface area contributed by atoms with Gasteiger partial charge in [-0.15, -0.1) is 0 Å². The number of esters is 3. The number of hydrogen-bond acceptors (Lipinski definition) is 7. The van der Waals surface area contributed by atoms with Gasteiger partial charge in [-0.25, -0.2) is 9.59 Å². The number of nitrogens with one attached hydrogen (secondary N) is 1. The van der Waals surface area contributed by atoms with E-state index in [-0.39, 0.29) is 18.8 Å². The molecule has 0 aromatic carbocycles. The van der Waals surface area contributed by atoms with Crippen LogP contribution in [0.1, 0.15) is 33.1 Å². The smallest absolute Gasteiger partial charge is 0.347 e. The van der Waals surface area contributed by atoms with E-state index in [1.54, 1.807) is 0 Å². The van der Waals surface area contributed by atoms with E-state index in [1.165, 1.54) is 7.11 Å². The third-order valence-electron chi connectivity index (χ3n) is 3.02. The normalized spacial score (nSPS) is 18.5. The van der Waals surface area contributed by atoms with E-state index < -0.39 is 42.6 Å². The first-order valence-corrected chi connectivity index (χ1v) is 7.06. The molecule has 1 rings (SSSR count). The van der Waals surface area contributed by atoms with Gasteiger partial charge in [-0.3, -0.25) is 9.59 Å². The van der Waals surface area contributed by atoms with Crippen LogP contribution in [0.3, 0.4) is 0 Å². The maximum Gasteiger partial charge on any atom is 0.347 e. The van der Waals surface area contributed by atoms with Gasteiger partial charge in [0.15, 0.2) is 12.7 Å². The van der Waals surface area contributed by atoms with Crippen molar-refractivity contribution in [2.24, 2.45) is 5.92 Å². The Morgan fingerprint density at radius 3 is 2.55 bits per heavy atom. The molecule has 1 amide bonds. The van der Waals surface area contributed by atoms with Gasteiger partial charge >= 0.3 is 17.9 Å². The molecule has 0 aliphatic carbocycles. The van der Waals surface area contributed by atoms with Gasteiger partial charge in [0.1, 0.15) is 6.04 Å². The van der Waals surface area contributed by atoms with Crippen molar-refractivity contribution in [2.75, 3.05) is 13.7 Å². The fraction of sp³-hybridized carbons (Fsp3) is 0.714. The maximum absolute atomic E-state index is 11.7. The van der Waals surface area contributed by atoms with Crippen LogP contribution < -0.4 is 5.32 Å². The molecule has 124 valence electrons. The third-order valence-corrected chi connectivity index (χ3v) is 3.02. The number of rotatable bonds is 7. The van der Waals surface area contributed by atoms with Crippen LogP contribution >= 0.6 is 0 Å². The van der Waals surface area contributed by atoms with Crippen LogP contribution in [0.15, 0.2) is 0 Å². The maximum atomic E-state index is 11.7. The molecule has 0 spiro atoms. The van der Waals surface area contributed by atoms with Crippen molar-refractivity contribution in [1.29, 1.82) is 0 Å². The summed E-state index contributed by atoms with van der Waals surface area (Å²) in [4.78, 5) is 45.8. The SMILES string of the molecule is COC(=O)[C@@H](CC(C)C)NC(=O)COC(=O)[C@@H]1CCC(=O)O1. The Morgan fingerprint density at radius 1 is 1.36 bits per heavy atom. The number of amides is 1. The lowest BCUT2D eigenvalue weighted by molar-refractivity contribution is -0.163. The minimum atomic E-state index is -0.952. The van der Waals surface area contributed by atoms with Gasteiger partial charge in [0.2, 0.25) is 0 Å². The molecule has 1 saturated heterocycles. The van der Waals surface area contributed by atoms with Crippen molar-refractivity contribution in [2.45, 2.75) is 45.3 Å². The predicted octanol–water partition coefficient (Wildman–Crippen LogP) is -0.0609. The summed E-state index contributed by atoms with van der Waals surface area (Å²) in [6, 6.07) is -0.791. The second-order valence-corrected chi connectivity index (χ2v) is 5.40. The molecule has 0 saturated carbocycles. The van der Waals surface area contributed by atoms with Crippen molar-refractivity contribution in [3.05, 3.63) is 0 Å². The Bertz CT molecular complexity index is 446. The molecule has 0 bridgehead atoms. The van der Waals surface area contributed by atoms with E-state index in [0.717, 1.165) is 0 Å². The molecular weight excluding hydrogens is 294 g/mol. The molecule has 22 heavy (non-hydrogen) atoms. The van der Waals surface area contributed by atoms with Crippen molar-refractivity contribution >= 4 is 23.8 Å². The van der Waals surface area contributed by atoms with Crippen molar-refractivity contribution < 1.29 is 33.4 Å².